The van der Waals surface area contributed by atoms with Crippen LogP contribution < -0.4 is 5.32 Å². The van der Waals surface area contributed by atoms with Gasteiger partial charge in [-0.2, -0.15) is 0 Å². The minimum Gasteiger partial charge on any atom is -0.342 e. The number of carbonyl (C=O) groups is 1. The van der Waals surface area contributed by atoms with Crippen molar-refractivity contribution in [1.29, 1.82) is 0 Å². The summed E-state index contributed by atoms with van der Waals surface area (Å²) >= 11 is 0. The van der Waals surface area contributed by atoms with Crippen molar-refractivity contribution in [3.63, 3.8) is 0 Å². The average Bonchev–Trinajstić information content (AvgIpc) is 2.99. The molecule has 22 heavy (non-hydrogen) atoms. The van der Waals surface area contributed by atoms with Gasteiger partial charge in [-0.05, 0) is 44.7 Å². The summed E-state index contributed by atoms with van der Waals surface area (Å²) in [5, 5.41) is 3.41. The number of benzene rings is 1. The number of halogens is 1. The first-order chi connectivity index (χ1) is 10.1. The van der Waals surface area contributed by atoms with Gasteiger partial charge in [-0.25, -0.2) is 0 Å². The Bertz CT molecular complexity index is 455. The van der Waals surface area contributed by atoms with Gasteiger partial charge in [0.15, 0.2) is 0 Å². The molecule has 0 aromatic heterocycles. The van der Waals surface area contributed by atoms with E-state index < -0.39 is 0 Å². The Hall–Kier alpha value is -1.06. The van der Waals surface area contributed by atoms with Gasteiger partial charge in [0.25, 0.3) is 0 Å². The number of rotatable bonds is 6. The molecule has 3 nitrogen and oxygen atoms in total. The standard InChI is InChI=1S/C18H28N2O.ClH/c1-4-17(12-15-9-7-14(2)8-10-15)20(3)18(21)13-16-6-5-11-19-16;/h7-10,16-17,19H,4-6,11-13H2,1-3H3;1H. The van der Waals surface area contributed by atoms with Crippen molar-refractivity contribution in [3.05, 3.63) is 35.4 Å². The van der Waals surface area contributed by atoms with Crippen LogP contribution in [0.25, 0.3) is 0 Å². The Morgan fingerprint density at radius 2 is 2.05 bits per heavy atom. The molecule has 2 rings (SSSR count). The summed E-state index contributed by atoms with van der Waals surface area (Å²) in [5.41, 5.74) is 2.59. The highest BCUT2D eigenvalue weighted by Gasteiger charge is 2.23. The molecular formula is C18H29ClN2O. The molecule has 1 saturated heterocycles. The lowest BCUT2D eigenvalue weighted by Crippen LogP contribution is -2.40. The van der Waals surface area contributed by atoms with Crippen molar-refractivity contribution in [2.75, 3.05) is 13.6 Å². The van der Waals surface area contributed by atoms with Gasteiger partial charge in [-0.1, -0.05) is 36.8 Å². The average molecular weight is 325 g/mol. The zero-order chi connectivity index (χ0) is 15.2. The summed E-state index contributed by atoms with van der Waals surface area (Å²) in [6.45, 7) is 5.32. The van der Waals surface area contributed by atoms with Crippen molar-refractivity contribution in [3.8, 4) is 0 Å². The highest BCUT2D eigenvalue weighted by atomic mass is 35.5. The van der Waals surface area contributed by atoms with Gasteiger partial charge in [0.1, 0.15) is 0 Å². The van der Waals surface area contributed by atoms with Crippen molar-refractivity contribution < 1.29 is 4.79 Å². The molecule has 0 radical (unpaired) electrons. The van der Waals surface area contributed by atoms with Crippen LogP contribution in [-0.2, 0) is 11.2 Å². The fourth-order valence-corrected chi connectivity index (χ4v) is 3.04. The Labute approximate surface area is 140 Å². The van der Waals surface area contributed by atoms with Gasteiger partial charge in [0.05, 0.1) is 0 Å². The molecule has 0 saturated carbocycles. The topological polar surface area (TPSA) is 32.3 Å². The molecule has 1 aromatic rings. The molecule has 1 fully saturated rings. The Balaban J connectivity index is 0.00000242. The van der Waals surface area contributed by atoms with Crippen LogP contribution in [0, 0.1) is 6.92 Å². The third-order valence-corrected chi connectivity index (χ3v) is 4.59. The fourth-order valence-electron chi connectivity index (χ4n) is 3.04. The number of hydrogen-bond donors (Lipinski definition) is 1. The van der Waals surface area contributed by atoms with E-state index in [1.807, 2.05) is 11.9 Å². The molecule has 1 aromatic carbocycles. The van der Waals surface area contributed by atoms with E-state index in [2.05, 4.69) is 43.4 Å². The maximum absolute atomic E-state index is 12.4. The molecule has 1 aliphatic rings. The van der Waals surface area contributed by atoms with E-state index >= 15 is 0 Å². The largest absolute Gasteiger partial charge is 0.342 e. The number of hydrogen-bond acceptors (Lipinski definition) is 2. The van der Waals surface area contributed by atoms with Crippen LogP contribution in [0.4, 0.5) is 0 Å². The van der Waals surface area contributed by atoms with Crippen LogP contribution in [0.5, 0.6) is 0 Å². The molecule has 2 atom stereocenters. The number of aryl methyl sites for hydroxylation is 1. The Kier molecular flexibility index (Phi) is 7.91. The molecule has 1 N–H and O–H groups in total. The first-order valence-electron chi connectivity index (χ1n) is 8.14. The van der Waals surface area contributed by atoms with E-state index in [-0.39, 0.29) is 18.3 Å². The third kappa shape index (κ3) is 5.29. The summed E-state index contributed by atoms with van der Waals surface area (Å²) in [7, 11) is 1.96. The van der Waals surface area contributed by atoms with E-state index in [4.69, 9.17) is 0 Å². The maximum atomic E-state index is 12.4. The maximum Gasteiger partial charge on any atom is 0.224 e. The summed E-state index contributed by atoms with van der Waals surface area (Å²) in [5.74, 6) is 0.272. The lowest BCUT2D eigenvalue weighted by Gasteiger charge is -2.28. The Morgan fingerprint density at radius 3 is 2.59 bits per heavy atom. The number of carbonyl (C=O) groups excluding carboxylic acids is 1. The van der Waals surface area contributed by atoms with E-state index in [0.717, 1.165) is 25.8 Å². The molecule has 0 spiro atoms. The van der Waals surface area contributed by atoms with E-state index in [1.165, 1.54) is 17.5 Å². The minimum absolute atomic E-state index is 0. The zero-order valence-corrected chi connectivity index (χ0v) is 14.8. The van der Waals surface area contributed by atoms with Gasteiger partial charge in [0.2, 0.25) is 5.91 Å². The molecule has 4 heteroatoms. The van der Waals surface area contributed by atoms with Crippen LogP contribution in [0.15, 0.2) is 24.3 Å². The number of nitrogens with one attached hydrogen (secondary N) is 1. The van der Waals surface area contributed by atoms with Crippen LogP contribution in [-0.4, -0.2) is 36.5 Å². The first-order valence-corrected chi connectivity index (χ1v) is 8.14. The van der Waals surface area contributed by atoms with Crippen LogP contribution in [0.1, 0.15) is 43.7 Å². The normalized spacial score (nSPS) is 18.6. The van der Waals surface area contributed by atoms with Gasteiger partial charge in [-0.3, -0.25) is 4.79 Å². The third-order valence-electron chi connectivity index (χ3n) is 4.59. The van der Waals surface area contributed by atoms with Crippen LogP contribution >= 0.6 is 12.4 Å². The molecule has 2 unspecified atom stereocenters. The van der Waals surface area contributed by atoms with Crippen molar-refractivity contribution in [2.24, 2.45) is 0 Å². The number of amides is 1. The van der Waals surface area contributed by atoms with Crippen molar-refractivity contribution >= 4 is 18.3 Å². The lowest BCUT2D eigenvalue weighted by atomic mass is 10.0. The van der Waals surface area contributed by atoms with E-state index in [9.17, 15) is 4.79 Å². The predicted octanol–water partition coefficient (Wildman–Crippen LogP) is 3.34. The minimum atomic E-state index is 0. The molecule has 0 bridgehead atoms. The smallest absolute Gasteiger partial charge is 0.224 e. The van der Waals surface area contributed by atoms with Crippen molar-refractivity contribution in [1.82, 2.24) is 10.2 Å². The van der Waals surface area contributed by atoms with Gasteiger partial charge in [0, 0.05) is 25.6 Å². The molecule has 0 aliphatic carbocycles. The highest BCUT2D eigenvalue weighted by Crippen LogP contribution is 2.15. The highest BCUT2D eigenvalue weighted by molar-refractivity contribution is 5.85. The fraction of sp³-hybridized carbons (Fsp3) is 0.611. The second kappa shape index (κ2) is 9.16. The predicted molar refractivity (Wildman–Crippen MR) is 94.6 cm³/mol. The van der Waals surface area contributed by atoms with Gasteiger partial charge < -0.3 is 10.2 Å². The second-order valence-electron chi connectivity index (χ2n) is 6.25. The quantitative estimate of drug-likeness (QED) is 0.870. The summed E-state index contributed by atoms with van der Waals surface area (Å²) in [4.78, 5) is 14.4. The monoisotopic (exact) mass is 324 g/mol. The summed E-state index contributed by atoms with van der Waals surface area (Å²) in [6.07, 6.45) is 4.91. The first kappa shape index (κ1) is 19.0. The van der Waals surface area contributed by atoms with Gasteiger partial charge >= 0.3 is 0 Å². The van der Waals surface area contributed by atoms with E-state index in [0.29, 0.717) is 18.5 Å². The molecule has 1 amide bonds. The van der Waals surface area contributed by atoms with Crippen LogP contribution in [0.2, 0.25) is 0 Å². The SMILES string of the molecule is CCC(Cc1ccc(C)cc1)N(C)C(=O)CC1CCCN1.Cl. The molecular weight excluding hydrogens is 296 g/mol. The van der Waals surface area contributed by atoms with Gasteiger partial charge in [-0.15, -0.1) is 12.4 Å². The molecule has 1 heterocycles. The molecule has 1 aliphatic heterocycles. The second-order valence-corrected chi connectivity index (χ2v) is 6.25. The Morgan fingerprint density at radius 1 is 1.36 bits per heavy atom. The number of nitrogens with zero attached hydrogens (tertiary/aromatic N) is 1. The summed E-state index contributed by atoms with van der Waals surface area (Å²) < 4.78 is 0. The van der Waals surface area contributed by atoms with E-state index in [1.54, 1.807) is 0 Å². The lowest BCUT2D eigenvalue weighted by molar-refractivity contribution is -0.132. The number of likely N-dealkylation sites (N-methyl/N-ethyl adjacent to an activating group) is 1. The van der Waals surface area contributed by atoms with Crippen LogP contribution in [0.3, 0.4) is 0 Å². The molecule has 124 valence electrons. The zero-order valence-electron chi connectivity index (χ0n) is 14.0. The summed E-state index contributed by atoms with van der Waals surface area (Å²) in [6, 6.07) is 9.32. The van der Waals surface area contributed by atoms with Crippen molar-refractivity contribution in [2.45, 2.75) is 58.0 Å².